The first-order chi connectivity index (χ1) is 9.52. The van der Waals surface area contributed by atoms with Gasteiger partial charge in [-0.15, -0.1) is 0 Å². The molecule has 0 nitrogen and oxygen atoms in total. The molecular formula is C15H26. The highest BCUT2D eigenvalue weighted by Crippen LogP contribution is 2.11. The first-order valence-electron chi connectivity index (χ1n) is 8.47. The molecule has 0 unspecified atom stereocenters. The summed E-state index contributed by atoms with van der Waals surface area (Å²) in [5.41, 5.74) is 2.51. The van der Waals surface area contributed by atoms with Crippen LogP contribution in [0.4, 0.5) is 0 Å². The molecule has 0 aromatic carbocycles. The van der Waals surface area contributed by atoms with Crippen LogP contribution in [0.2, 0.25) is 0 Å². The predicted octanol–water partition coefficient (Wildman–Crippen LogP) is 5.43. The number of hydrogen-bond donors (Lipinski definition) is 0. The Morgan fingerprint density at radius 1 is 1.27 bits per heavy atom. The van der Waals surface area contributed by atoms with Gasteiger partial charge in [0, 0.05) is 6.85 Å². The van der Waals surface area contributed by atoms with Gasteiger partial charge in [-0.05, 0) is 52.8 Å². The lowest BCUT2D eigenvalue weighted by molar-refractivity contribution is 0.889. The molecule has 0 amide bonds. The summed E-state index contributed by atoms with van der Waals surface area (Å²) in [6, 6.07) is 0. The van der Waals surface area contributed by atoms with Crippen LogP contribution in [0.25, 0.3) is 0 Å². The molecule has 15 heavy (non-hydrogen) atoms. The lowest BCUT2D eigenvalue weighted by Gasteiger charge is -2.01. The number of allylic oxidation sites excluding steroid dienone is 5. The maximum absolute atomic E-state index is 7.67. The van der Waals surface area contributed by atoms with Gasteiger partial charge in [0.2, 0.25) is 0 Å². The van der Waals surface area contributed by atoms with Crippen LogP contribution >= 0.6 is 0 Å². The summed E-state index contributed by atoms with van der Waals surface area (Å²) in [6.45, 7) is 4.24. The van der Waals surface area contributed by atoms with Crippen LogP contribution in [-0.2, 0) is 0 Å². The van der Waals surface area contributed by atoms with E-state index in [0.29, 0.717) is 6.42 Å². The van der Waals surface area contributed by atoms with Crippen LogP contribution in [0.5, 0.6) is 0 Å². The Balaban J connectivity index is 4.53. The van der Waals surface area contributed by atoms with Crippen molar-refractivity contribution < 1.29 is 8.22 Å². The van der Waals surface area contributed by atoms with E-state index in [-0.39, 0.29) is 12.0 Å². The molecule has 0 atom stereocenters. The second-order valence-corrected chi connectivity index (χ2v) is 4.06. The molecule has 0 N–H and O–H groups in total. The molecule has 0 saturated carbocycles. The molecule has 0 aromatic heterocycles. The van der Waals surface area contributed by atoms with Gasteiger partial charge in [-0.3, -0.25) is 0 Å². The minimum atomic E-state index is -2.73. The summed E-state index contributed by atoms with van der Waals surface area (Å²) >= 11 is 0. The summed E-state index contributed by atoms with van der Waals surface area (Å²) < 4.78 is 44.3. The van der Waals surface area contributed by atoms with Gasteiger partial charge >= 0.3 is 0 Å². The van der Waals surface area contributed by atoms with Crippen molar-refractivity contribution in [3.63, 3.8) is 0 Å². The maximum Gasteiger partial charge on any atom is 0.0537 e. The Hall–Kier alpha value is -0.780. The first kappa shape index (κ1) is 6.73. The quantitative estimate of drug-likeness (QED) is 0.494. The van der Waals surface area contributed by atoms with E-state index < -0.39 is 13.2 Å². The van der Waals surface area contributed by atoms with Crippen LogP contribution in [0.3, 0.4) is 0 Å². The Morgan fingerprint density at radius 3 is 2.60 bits per heavy atom. The molecule has 0 radical (unpaired) electrons. The van der Waals surface area contributed by atoms with Gasteiger partial charge < -0.3 is 0 Å². The number of hydrogen-bond acceptors (Lipinski definition) is 0. The van der Waals surface area contributed by atoms with Crippen LogP contribution in [0.15, 0.2) is 35.4 Å². The van der Waals surface area contributed by atoms with Crippen molar-refractivity contribution in [2.24, 2.45) is 0 Å². The Morgan fingerprint density at radius 2 is 2.00 bits per heavy atom. The second kappa shape index (κ2) is 8.52. The lowest BCUT2D eigenvalue weighted by atomic mass is 10.1. The monoisotopic (exact) mass is 212 g/mol. The van der Waals surface area contributed by atoms with Crippen molar-refractivity contribution >= 4 is 0 Å². The molecule has 0 aromatic rings. The van der Waals surface area contributed by atoms with E-state index >= 15 is 0 Å². The zero-order chi connectivity index (χ0) is 16.7. The van der Waals surface area contributed by atoms with Crippen LogP contribution in [-0.4, -0.2) is 0 Å². The highest BCUT2D eigenvalue weighted by atomic mass is 14.0. The van der Waals surface area contributed by atoms with Crippen LogP contribution in [0.1, 0.15) is 67.9 Å². The van der Waals surface area contributed by atoms with E-state index in [9.17, 15) is 0 Å². The molecule has 0 saturated heterocycles. The van der Waals surface area contributed by atoms with Crippen molar-refractivity contribution in [1.29, 1.82) is 0 Å². The smallest absolute Gasteiger partial charge is 0.0537 e. The third kappa shape index (κ3) is 9.52. The zero-order valence-corrected chi connectivity index (χ0v) is 10.1. The second-order valence-electron chi connectivity index (χ2n) is 4.06. The van der Waals surface area contributed by atoms with Crippen molar-refractivity contribution in [1.82, 2.24) is 0 Å². The molecule has 0 aliphatic rings. The van der Waals surface area contributed by atoms with Crippen LogP contribution < -0.4 is 0 Å². The molecule has 0 bridgehead atoms. The van der Waals surface area contributed by atoms with Gasteiger partial charge in [0.05, 0.1) is 1.37 Å². The largest absolute Gasteiger partial charge is 0.0999 e. The molecular weight excluding hydrogens is 180 g/mol. The van der Waals surface area contributed by atoms with Gasteiger partial charge in [0.1, 0.15) is 0 Å². The number of rotatable bonds is 7. The van der Waals surface area contributed by atoms with E-state index in [2.05, 4.69) is 19.9 Å². The van der Waals surface area contributed by atoms with Gasteiger partial charge in [-0.1, -0.05) is 42.3 Å². The van der Waals surface area contributed by atoms with E-state index in [1.54, 1.807) is 0 Å². The van der Waals surface area contributed by atoms with E-state index in [1.165, 1.54) is 11.1 Å². The fraction of sp³-hybridized carbons (Fsp3) is 0.600. The van der Waals surface area contributed by atoms with Crippen LogP contribution in [0, 0.1) is 0 Å². The highest BCUT2D eigenvalue weighted by Gasteiger charge is 1.91. The molecule has 0 aliphatic heterocycles. The minimum Gasteiger partial charge on any atom is -0.0999 e. The zero-order valence-electron chi connectivity index (χ0n) is 16.1. The topological polar surface area (TPSA) is 0 Å². The average molecular weight is 212 g/mol. The fourth-order valence-corrected chi connectivity index (χ4v) is 1.23. The standard InChI is InChI=1S/C15H26/c1-6-14(4)10-8-12-15(5)11-7-9-13(2)3/h9,12H,4,6-8,10-11H2,1-3,5H3/b15-12+/i1D3,4D,6D2/b14-4?,15-12+. The summed E-state index contributed by atoms with van der Waals surface area (Å²) in [6.07, 6.45) is 4.46. The van der Waals surface area contributed by atoms with Gasteiger partial charge in [0.15, 0.2) is 0 Å². The Kier molecular flexibility index (Phi) is 3.82. The molecule has 0 heteroatoms. The van der Waals surface area contributed by atoms with E-state index in [0.717, 1.165) is 19.4 Å². The Bertz CT molecular complexity index is 408. The molecule has 0 rings (SSSR count). The predicted molar refractivity (Wildman–Crippen MR) is 71.1 cm³/mol. The van der Waals surface area contributed by atoms with Gasteiger partial charge in [0.25, 0.3) is 0 Å². The molecule has 0 heterocycles. The summed E-state index contributed by atoms with van der Waals surface area (Å²) in [5, 5.41) is 0. The van der Waals surface area contributed by atoms with Crippen molar-refractivity contribution in [2.45, 2.75) is 59.7 Å². The van der Waals surface area contributed by atoms with Crippen molar-refractivity contribution in [2.75, 3.05) is 0 Å². The average Bonchev–Trinajstić information content (AvgIpc) is 2.32. The molecule has 0 spiro atoms. The fourth-order valence-electron chi connectivity index (χ4n) is 1.23. The van der Waals surface area contributed by atoms with Gasteiger partial charge in [-0.2, -0.15) is 0 Å². The molecule has 0 fully saturated rings. The molecule has 86 valence electrons. The van der Waals surface area contributed by atoms with E-state index in [1.807, 2.05) is 13.0 Å². The summed E-state index contributed by atoms with van der Waals surface area (Å²) in [7, 11) is 0. The summed E-state index contributed by atoms with van der Waals surface area (Å²) in [4.78, 5) is 0. The molecule has 0 aliphatic carbocycles. The third-order valence-corrected chi connectivity index (χ3v) is 2.16. The van der Waals surface area contributed by atoms with Gasteiger partial charge in [-0.25, -0.2) is 0 Å². The Labute approximate surface area is 104 Å². The first-order valence-corrected chi connectivity index (χ1v) is 5.39. The van der Waals surface area contributed by atoms with Crippen molar-refractivity contribution in [3.05, 3.63) is 35.4 Å². The van der Waals surface area contributed by atoms with Crippen molar-refractivity contribution in [3.8, 4) is 0 Å². The maximum atomic E-state index is 7.67. The third-order valence-electron chi connectivity index (χ3n) is 2.16. The SMILES string of the molecule is [2H]C=C(CC/C=C(\C)CCC=C(C)C)C([2H])([2H])C([2H])([2H])[2H]. The minimum absolute atomic E-state index is 0.0239. The van der Waals surface area contributed by atoms with E-state index in [4.69, 9.17) is 8.22 Å². The summed E-state index contributed by atoms with van der Waals surface area (Å²) in [5.74, 6) is 0. The highest BCUT2D eigenvalue weighted by molar-refractivity contribution is 5.04. The normalized spacial score (nSPS) is 20.5. The lowest BCUT2D eigenvalue weighted by Crippen LogP contribution is -1.81.